The summed E-state index contributed by atoms with van der Waals surface area (Å²) in [6.07, 6.45) is -0.561. The summed E-state index contributed by atoms with van der Waals surface area (Å²) in [7, 11) is 0. The predicted molar refractivity (Wildman–Crippen MR) is 77.1 cm³/mol. The second-order valence-corrected chi connectivity index (χ2v) is 6.96. The third kappa shape index (κ3) is 5.09. The molecule has 1 atom stereocenters. The molecule has 1 aromatic rings. The Morgan fingerprint density at radius 1 is 1.29 bits per heavy atom. The molecule has 0 aliphatic rings. The van der Waals surface area contributed by atoms with Gasteiger partial charge in [0.05, 0.1) is 11.7 Å². The Morgan fingerprint density at radius 3 is 2.24 bits per heavy atom. The van der Waals surface area contributed by atoms with Crippen molar-refractivity contribution < 1.29 is 19.4 Å². The van der Waals surface area contributed by atoms with Crippen LogP contribution in [0.3, 0.4) is 0 Å². The van der Waals surface area contributed by atoms with Gasteiger partial charge in [-0.2, -0.15) is 5.10 Å². The highest BCUT2D eigenvalue weighted by Crippen LogP contribution is 2.32. The first-order valence-corrected chi connectivity index (χ1v) is 6.68. The Bertz CT molecular complexity index is 523. The number of amides is 1. The fraction of sp³-hybridized carbons (Fsp3) is 0.643. The number of nitrogens with zero attached hydrogens (tertiary/aromatic N) is 1. The summed E-state index contributed by atoms with van der Waals surface area (Å²) >= 11 is 0. The molecule has 1 amide bonds. The molecule has 1 heterocycles. The highest BCUT2D eigenvalue weighted by Gasteiger charge is 2.31. The highest BCUT2D eigenvalue weighted by atomic mass is 16.6. The van der Waals surface area contributed by atoms with E-state index < -0.39 is 23.7 Å². The Balaban J connectivity index is 2.96. The number of H-pyrrole nitrogens is 1. The van der Waals surface area contributed by atoms with Crippen molar-refractivity contribution in [2.45, 2.75) is 53.2 Å². The topological polar surface area (TPSA) is 104 Å². The summed E-state index contributed by atoms with van der Waals surface area (Å²) in [6, 6.07) is 0.961. The summed E-state index contributed by atoms with van der Waals surface area (Å²) in [4.78, 5) is 22.8. The maximum Gasteiger partial charge on any atom is 0.408 e. The third-order valence-corrected chi connectivity index (χ3v) is 2.65. The van der Waals surface area contributed by atoms with Crippen LogP contribution >= 0.6 is 0 Å². The number of carbonyl (C=O) groups excluding carboxylic acids is 1. The lowest BCUT2D eigenvalue weighted by Gasteiger charge is -2.31. The molecule has 0 bridgehead atoms. The Hall–Kier alpha value is -2.05. The number of aromatic amines is 1. The fourth-order valence-electron chi connectivity index (χ4n) is 1.78. The van der Waals surface area contributed by atoms with Gasteiger partial charge in [-0.05, 0) is 32.3 Å². The second-order valence-electron chi connectivity index (χ2n) is 6.96. The maximum absolute atomic E-state index is 11.9. The molecule has 118 valence electrons. The lowest BCUT2D eigenvalue weighted by atomic mass is 9.85. The van der Waals surface area contributed by atoms with Crippen molar-refractivity contribution in [1.29, 1.82) is 0 Å². The Labute approximate surface area is 124 Å². The van der Waals surface area contributed by atoms with Gasteiger partial charge in [0.1, 0.15) is 5.60 Å². The lowest BCUT2D eigenvalue weighted by Crippen LogP contribution is -2.40. The summed E-state index contributed by atoms with van der Waals surface area (Å²) in [6.45, 7) is 11.1. The maximum atomic E-state index is 11.9. The van der Waals surface area contributed by atoms with E-state index in [0.717, 1.165) is 0 Å². The van der Waals surface area contributed by atoms with Crippen LogP contribution in [0.5, 0.6) is 0 Å². The van der Waals surface area contributed by atoms with Gasteiger partial charge in [-0.25, -0.2) is 9.59 Å². The van der Waals surface area contributed by atoms with E-state index in [9.17, 15) is 9.59 Å². The van der Waals surface area contributed by atoms with E-state index in [0.29, 0.717) is 5.69 Å². The molecule has 1 aromatic heterocycles. The number of carboxylic acid groups (broad SMARTS) is 1. The second kappa shape index (κ2) is 5.75. The number of carboxylic acids is 1. The molecule has 0 spiro atoms. The van der Waals surface area contributed by atoms with Crippen LogP contribution in [-0.4, -0.2) is 33.0 Å². The van der Waals surface area contributed by atoms with Crippen LogP contribution < -0.4 is 5.32 Å². The fourth-order valence-corrected chi connectivity index (χ4v) is 1.78. The van der Waals surface area contributed by atoms with Crippen LogP contribution in [0, 0.1) is 5.41 Å². The Kier molecular flexibility index (Phi) is 4.65. The lowest BCUT2D eigenvalue weighted by molar-refractivity contribution is 0.0460. The van der Waals surface area contributed by atoms with E-state index in [2.05, 4.69) is 15.5 Å². The van der Waals surface area contributed by atoms with Gasteiger partial charge in [-0.3, -0.25) is 5.10 Å². The van der Waals surface area contributed by atoms with Crippen molar-refractivity contribution in [1.82, 2.24) is 15.5 Å². The molecular formula is C14H23N3O4. The van der Waals surface area contributed by atoms with Crippen LogP contribution in [0.1, 0.15) is 63.8 Å². The number of nitrogens with one attached hydrogen (secondary N) is 2. The molecular weight excluding hydrogens is 274 g/mol. The highest BCUT2D eigenvalue weighted by molar-refractivity contribution is 5.85. The zero-order valence-electron chi connectivity index (χ0n) is 13.3. The first kappa shape index (κ1) is 17.0. The molecule has 0 fully saturated rings. The summed E-state index contributed by atoms with van der Waals surface area (Å²) < 4.78 is 5.24. The van der Waals surface area contributed by atoms with Gasteiger partial charge in [-0.15, -0.1) is 0 Å². The van der Waals surface area contributed by atoms with E-state index in [-0.39, 0.29) is 11.1 Å². The van der Waals surface area contributed by atoms with E-state index in [1.807, 2.05) is 20.8 Å². The quantitative estimate of drug-likeness (QED) is 0.795. The number of carbonyl (C=O) groups is 2. The van der Waals surface area contributed by atoms with Gasteiger partial charge in [0.25, 0.3) is 0 Å². The molecule has 0 saturated carbocycles. The number of hydrogen-bond donors (Lipinski definition) is 3. The molecule has 21 heavy (non-hydrogen) atoms. The van der Waals surface area contributed by atoms with Crippen molar-refractivity contribution in [2.75, 3.05) is 0 Å². The molecule has 0 aliphatic heterocycles. The molecule has 7 nitrogen and oxygen atoms in total. The standard InChI is InChI=1S/C14H23N3O4/c1-13(2,3)10(15-12(20)21-14(4,5)6)8-7-9(11(18)19)17-16-8/h7,10H,1-6H3,(H,15,20)(H,16,17)(H,18,19). The predicted octanol–water partition coefficient (Wildman–Crippen LogP) is 2.72. The van der Waals surface area contributed by atoms with Gasteiger partial charge in [0.2, 0.25) is 0 Å². The smallest absolute Gasteiger partial charge is 0.408 e. The monoisotopic (exact) mass is 297 g/mol. The molecule has 0 radical (unpaired) electrons. The minimum absolute atomic E-state index is 0.0924. The SMILES string of the molecule is CC(C)(C)OC(=O)NC(c1cc(C(=O)O)n[nH]1)C(C)(C)C. The van der Waals surface area contributed by atoms with Crippen LogP contribution in [0.2, 0.25) is 0 Å². The van der Waals surface area contributed by atoms with Crippen LogP contribution in [0.25, 0.3) is 0 Å². The normalized spacial score (nSPS) is 13.6. The molecule has 0 aliphatic carbocycles. The Morgan fingerprint density at radius 2 is 1.86 bits per heavy atom. The van der Waals surface area contributed by atoms with Crippen molar-refractivity contribution in [3.05, 3.63) is 17.5 Å². The molecule has 1 rings (SSSR count). The van der Waals surface area contributed by atoms with Crippen molar-refractivity contribution in [3.8, 4) is 0 Å². The van der Waals surface area contributed by atoms with Crippen molar-refractivity contribution >= 4 is 12.1 Å². The summed E-state index contributed by atoms with van der Waals surface area (Å²) in [5, 5.41) is 18.1. The van der Waals surface area contributed by atoms with Crippen LogP contribution in [0.4, 0.5) is 4.79 Å². The zero-order chi connectivity index (χ0) is 16.4. The van der Waals surface area contributed by atoms with E-state index in [1.165, 1.54) is 6.07 Å². The third-order valence-electron chi connectivity index (χ3n) is 2.65. The number of rotatable bonds is 3. The average Bonchev–Trinajstić information content (AvgIpc) is 2.70. The first-order valence-electron chi connectivity index (χ1n) is 6.68. The van der Waals surface area contributed by atoms with Crippen LogP contribution in [0.15, 0.2) is 6.07 Å². The van der Waals surface area contributed by atoms with Crippen molar-refractivity contribution in [3.63, 3.8) is 0 Å². The van der Waals surface area contributed by atoms with Crippen molar-refractivity contribution in [2.24, 2.45) is 5.41 Å². The summed E-state index contributed by atoms with van der Waals surface area (Å²) in [5.74, 6) is -1.12. The minimum Gasteiger partial charge on any atom is -0.476 e. The molecule has 3 N–H and O–H groups in total. The molecule has 1 unspecified atom stereocenters. The average molecular weight is 297 g/mol. The molecule has 0 aromatic carbocycles. The number of aromatic nitrogens is 2. The van der Waals surface area contributed by atoms with E-state index >= 15 is 0 Å². The number of hydrogen-bond acceptors (Lipinski definition) is 4. The number of ether oxygens (including phenoxy) is 1. The van der Waals surface area contributed by atoms with Gasteiger partial charge < -0.3 is 15.2 Å². The van der Waals surface area contributed by atoms with Crippen LogP contribution in [-0.2, 0) is 4.74 Å². The molecule has 0 saturated heterocycles. The van der Waals surface area contributed by atoms with E-state index in [4.69, 9.17) is 9.84 Å². The van der Waals surface area contributed by atoms with Gasteiger partial charge in [0, 0.05) is 0 Å². The van der Waals surface area contributed by atoms with Gasteiger partial charge in [0.15, 0.2) is 5.69 Å². The van der Waals surface area contributed by atoms with E-state index in [1.54, 1.807) is 20.8 Å². The minimum atomic E-state index is -1.12. The summed E-state index contributed by atoms with van der Waals surface area (Å²) in [5.41, 5.74) is -0.526. The number of alkyl carbamates (subject to hydrolysis) is 1. The largest absolute Gasteiger partial charge is 0.476 e. The van der Waals surface area contributed by atoms with Gasteiger partial charge in [-0.1, -0.05) is 20.8 Å². The molecule has 7 heteroatoms. The first-order chi connectivity index (χ1) is 9.40. The van der Waals surface area contributed by atoms with Gasteiger partial charge >= 0.3 is 12.1 Å². The zero-order valence-corrected chi connectivity index (χ0v) is 13.3. The number of aromatic carboxylic acids is 1.